The minimum atomic E-state index is 0.264. The predicted molar refractivity (Wildman–Crippen MR) is 85.7 cm³/mol. The van der Waals surface area contributed by atoms with Gasteiger partial charge in [-0.3, -0.25) is 14.5 Å². The Morgan fingerprint density at radius 2 is 2.10 bits per heavy atom. The lowest BCUT2D eigenvalue weighted by Crippen LogP contribution is -2.64. The Morgan fingerprint density at radius 3 is 2.67 bits per heavy atom. The third kappa shape index (κ3) is 2.97. The van der Waals surface area contributed by atoms with Crippen LogP contribution in [0.25, 0.3) is 0 Å². The van der Waals surface area contributed by atoms with Crippen molar-refractivity contribution in [1.82, 2.24) is 24.9 Å². The fourth-order valence-electron chi connectivity index (χ4n) is 3.68. The summed E-state index contributed by atoms with van der Waals surface area (Å²) in [6, 6.07) is 0.761. The lowest BCUT2D eigenvalue weighted by molar-refractivity contribution is -0.00473. The summed E-state index contributed by atoms with van der Waals surface area (Å²) in [6.45, 7) is 12.1. The Hall–Kier alpha value is -0.620. The van der Waals surface area contributed by atoms with Crippen LogP contribution in [0.15, 0.2) is 6.20 Å². The van der Waals surface area contributed by atoms with E-state index >= 15 is 0 Å². The summed E-state index contributed by atoms with van der Waals surface area (Å²) < 4.78 is 2.09. The molecule has 3 fully saturated rings. The van der Waals surface area contributed by atoms with Gasteiger partial charge in [0.15, 0.2) is 0 Å². The van der Waals surface area contributed by atoms with Crippen LogP contribution >= 0.6 is 11.6 Å². The molecule has 0 aromatic carbocycles. The Kier molecular flexibility index (Phi) is 4.84. The molecule has 3 aliphatic rings. The maximum Gasteiger partial charge on any atom is 0.0834 e. The standard InChI is InChI=1S/C15H26ClN5/c1-3-5-21-15(12(16)10-18-21)14(17-4-2)13-11-19-6-8-20(13)9-7-19/h10,13-14,17H,3-9,11H2,1-2H3. The number of rotatable bonds is 6. The molecule has 6 heteroatoms. The zero-order valence-corrected chi connectivity index (χ0v) is 13.8. The van der Waals surface area contributed by atoms with Gasteiger partial charge in [0, 0.05) is 45.3 Å². The second-order valence-electron chi connectivity index (χ2n) is 6.04. The topological polar surface area (TPSA) is 36.3 Å². The molecule has 118 valence electrons. The average Bonchev–Trinajstić information content (AvgIpc) is 2.87. The first-order valence-corrected chi connectivity index (χ1v) is 8.53. The molecule has 0 aliphatic carbocycles. The second kappa shape index (κ2) is 6.65. The molecule has 1 N–H and O–H groups in total. The molecular weight excluding hydrogens is 286 g/mol. The monoisotopic (exact) mass is 311 g/mol. The first kappa shape index (κ1) is 15.3. The molecule has 0 spiro atoms. The lowest BCUT2D eigenvalue weighted by Gasteiger charge is -2.50. The molecule has 2 bridgehead atoms. The molecule has 4 rings (SSSR count). The number of hydrogen-bond acceptors (Lipinski definition) is 4. The van der Waals surface area contributed by atoms with Gasteiger partial charge in [-0.15, -0.1) is 0 Å². The van der Waals surface area contributed by atoms with Crippen LogP contribution in [-0.2, 0) is 6.54 Å². The first-order valence-electron chi connectivity index (χ1n) is 8.15. The number of likely N-dealkylation sites (N-methyl/N-ethyl adjacent to an activating group) is 1. The highest BCUT2D eigenvalue weighted by molar-refractivity contribution is 6.31. The molecule has 0 radical (unpaired) electrons. The highest BCUT2D eigenvalue weighted by Crippen LogP contribution is 2.31. The minimum absolute atomic E-state index is 0.264. The van der Waals surface area contributed by atoms with E-state index in [2.05, 4.69) is 38.7 Å². The molecule has 1 aromatic heterocycles. The van der Waals surface area contributed by atoms with E-state index in [1.54, 1.807) is 6.20 Å². The van der Waals surface area contributed by atoms with Crippen LogP contribution in [0.3, 0.4) is 0 Å². The van der Waals surface area contributed by atoms with Crippen molar-refractivity contribution in [2.45, 2.75) is 38.9 Å². The number of hydrogen-bond donors (Lipinski definition) is 1. The van der Waals surface area contributed by atoms with Gasteiger partial charge in [0.2, 0.25) is 0 Å². The quantitative estimate of drug-likeness (QED) is 0.866. The van der Waals surface area contributed by atoms with Crippen molar-refractivity contribution in [3.8, 4) is 0 Å². The van der Waals surface area contributed by atoms with Gasteiger partial charge in [-0.25, -0.2) is 0 Å². The van der Waals surface area contributed by atoms with Gasteiger partial charge in [0.05, 0.1) is 23.0 Å². The molecule has 0 saturated carbocycles. The summed E-state index contributed by atoms with van der Waals surface area (Å²) in [7, 11) is 0. The number of aromatic nitrogens is 2. The van der Waals surface area contributed by atoms with Crippen LogP contribution < -0.4 is 5.32 Å². The third-order valence-electron chi connectivity index (χ3n) is 4.69. The van der Waals surface area contributed by atoms with Crippen LogP contribution in [0, 0.1) is 0 Å². The van der Waals surface area contributed by atoms with Crippen molar-refractivity contribution < 1.29 is 0 Å². The fraction of sp³-hybridized carbons (Fsp3) is 0.800. The van der Waals surface area contributed by atoms with E-state index in [0.717, 1.165) is 31.1 Å². The highest BCUT2D eigenvalue weighted by atomic mass is 35.5. The second-order valence-corrected chi connectivity index (χ2v) is 6.45. The van der Waals surface area contributed by atoms with E-state index in [1.807, 2.05) is 0 Å². The van der Waals surface area contributed by atoms with E-state index in [-0.39, 0.29) is 6.04 Å². The Bertz CT molecular complexity index is 467. The number of halogens is 1. The average molecular weight is 312 g/mol. The largest absolute Gasteiger partial charge is 0.308 e. The summed E-state index contributed by atoms with van der Waals surface area (Å²) in [6.07, 6.45) is 2.87. The molecule has 0 amide bonds. The van der Waals surface area contributed by atoms with Gasteiger partial charge >= 0.3 is 0 Å². The zero-order valence-electron chi connectivity index (χ0n) is 13.1. The Labute approximate surface area is 132 Å². The molecule has 2 unspecified atom stereocenters. The van der Waals surface area contributed by atoms with Crippen molar-refractivity contribution in [2.75, 3.05) is 39.3 Å². The third-order valence-corrected chi connectivity index (χ3v) is 4.98. The predicted octanol–water partition coefficient (Wildman–Crippen LogP) is 1.60. The summed E-state index contributed by atoms with van der Waals surface area (Å²) in [5.41, 5.74) is 1.17. The van der Waals surface area contributed by atoms with Gasteiger partial charge in [0.1, 0.15) is 0 Å². The van der Waals surface area contributed by atoms with E-state index in [1.165, 1.54) is 31.9 Å². The minimum Gasteiger partial charge on any atom is -0.308 e. The number of fused-ring (bicyclic) bond motifs is 3. The molecule has 1 aromatic rings. The number of nitrogens with one attached hydrogen (secondary N) is 1. The maximum absolute atomic E-state index is 6.48. The molecule has 21 heavy (non-hydrogen) atoms. The summed E-state index contributed by atoms with van der Waals surface area (Å²) in [5.74, 6) is 0. The van der Waals surface area contributed by atoms with E-state index in [9.17, 15) is 0 Å². The van der Waals surface area contributed by atoms with Crippen LogP contribution in [0.1, 0.15) is 32.0 Å². The van der Waals surface area contributed by atoms with E-state index in [4.69, 9.17) is 11.6 Å². The van der Waals surface area contributed by atoms with Crippen molar-refractivity contribution in [1.29, 1.82) is 0 Å². The van der Waals surface area contributed by atoms with Gasteiger partial charge in [-0.05, 0) is 13.0 Å². The molecule has 5 nitrogen and oxygen atoms in total. The number of nitrogens with zero attached hydrogens (tertiary/aromatic N) is 4. The van der Waals surface area contributed by atoms with Crippen molar-refractivity contribution in [2.24, 2.45) is 0 Å². The summed E-state index contributed by atoms with van der Waals surface area (Å²) in [4.78, 5) is 5.19. The van der Waals surface area contributed by atoms with E-state index < -0.39 is 0 Å². The van der Waals surface area contributed by atoms with Gasteiger partial charge in [-0.2, -0.15) is 5.10 Å². The van der Waals surface area contributed by atoms with Gasteiger partial charge in [0.25, 0.3) is 0 Å². The number of aryl methyl sites for hydroxylation is 1. The van der Waals surface area contributed by atoms with Crippen LogP contribution in [0.2, 0.25) is 5.02 Å². The molecular formula is C15H26ClN5. The van der Waals surface area contributed by atoms with Crippen LogP contribution in [0.4, 0.5) is 0 Å². The fourth-order valence-corrected chi connectivity index (χ4v) is 3.94. The van der Waals surface area contributed by atoms with Crippen molar-refractivity contribution >= 4 is 11.6 Å². The van der Waals surface area contributed by atoms with Crippen molar-refractivity contribution in [3.63, 3.8) is 0 Å². The summed E-state index contributed by atoms with van der Waals surface area (Å²) in [5, 5.41) is 8.94. The van der Waals surface area contributed by atoms with Crippen molar-refractivity contribution in [3.05, 3.63) is 16.9 Å². The first-order chi connectivity index (χ1) is 10.2. The Morgan fingerprint density at radius 1 is 1.33 bits per heavy atom. The highest BCUT2D eigenvalue weighted by Gasteiger charge is 2.39. The molecule has 3 aliphatic heterocycles. The van der Waals surface area contributed by atoms with Gasteiger partial charge < -0.3 is 5.32 Å². The van der Waals surface area contributed by atoms with E-state index in [0.29, 0.717) is 6.04 Å². The lowest BCUT2D eigenvalue weighted by atomic mass is 9.97. The molecule has 3 saturated heterocycles. The van der Waals surface area contributed by atoms with Gasteiger partial charge in [-0.1, -0.05) is 25.4 Å². The maximum atomic E-state index is 6.48. The summed E-state index contributed by atoms with van der Waals surface area (Å²) >= 11 is 6.48. The van der Waals surface area contributed by atoms with Crippen LogP contribution in [-0.4, -0.2) is 64.9 Å². The normalized spacial score (nSPS) is 29.8. The van der Waals surface area contributed by atoms with Crippen LogP contribution in [0.5, 0.6) is 0 Å². The molecule has 2 atom stereocenters. The smallest absolute Gasteiger partial charge is 0.0834 e. The number of piperazine rings is 3. The Balaban J connectivity index is 1.89. The SMILES string of the molecule is CCCn1ncc(Cl)c1C(NCC)C1CN2CCN1CC2. The molecule has 4 heterocycles. The zero-order chi connectivity index (χ0) is 14.8.